The van der Waals surface area contributed by atoms with Gasteiger partial charge in [-0.2, -0.15) is 8.42 Å². The van der Waals surface area contributed by atoms with E-state index in [4.69, 9.17) is 14.8 Å². The Morgan fingerprint density at radius 1 is 1.29 bits per heavy atom. The number of carbonyl (C=O) groups is 1. The van der Waals surface area contributed by atoms with Gasteiger partial charge in [-0.1, -0.05) is 0 Å². The molecule has 14 heavy (non-hydrogen) atoms. The molecule has 0 aliphatic carbocycles. The lowest BCUT2D eigenvalue weighted by Gasteiger charge is -2.03. The number of nitrogens with zero attached hydrogens (tertiary/aromatic N) is 1. The van der Waals surface area contributed by atoms with Gasteiger partial charge in [0.1, 0.15) is 0 Å². The average molecular weight is 223 g/mol. The summed E-state index contributed by atoms with van der Waals surface area (Å²) in [5, 5.41) is 15.8. The molecule has 1 heterocycles. The molecule has 0 spiro atoms. The Morgan fingerprint density at radius 3 is 2.07 bits per heavy atom. The summed E-state index contributed by atoms with van der Waals surface area (Å²) in [7, 11) is -5.02. The van der Waals surface area contributed by atoms with Crippen molar-refractivity contribution in [2.75, 3.05) is 0 Å². The molecule has 0 fully saturated rings. The summed E-state index contributed by atoms with van der Waals surface area (Å²) in [4.78, 5) is 14.5. The van der Waals surface area contributed by atoms with Gasteiger partial charge in [0.2, 0.25) is 11.8 Å². The third kappa shape index (κ3) is 1.95. The summed E-state index contributed by atoms with van der Waals surface area (Å²) in [6.45, 7) is 0. The summed E-state index contributed by atoms with van der Waals surface area (Å²) >= 11 is 0. The summed E-state index contributed by atoms with van der Waals surface area (Å²) in [6.07, 6.45) is 0. The molecule has 1 aromatic heterocycles. The van der Waals surface area contributed by atoms with Crippen LogP contribution in [0.4, 0.5) is 4.79 Å². The minimum absolute atomic E-state index is 0.135. The van der Waals surface area contributed by atoms with Gasteiger partial charge in [-0.25, -0.2) is 4.79 Å². The molecule has 1 rings (SSSR count). The monoisotopic (exact) mass is 223 g/mol. The van der Waals surface area contributed by atoms with E-state index in [1.54, 1.807) is 0 Å². The molecule has 0 unspecified atom stereocenters. The van der Waals surface area contributed by atoms with E-state index in [1.807, 2.05) is 0 Å². The molecule has 0 saturated heterocycles. The van der Waals surface area contributed by atoms with Crippen LogP contribution in [0, 0.1) is 0 Å². The van der Waals surface area contributed by atoms with E-state index in [1.165, 1.54) is 0 Å². The van der Waals surface area contributed by atoms with E-state index in [0.717, 1.165) is 12.1 Å². The summed E-state index contributed by atoms with van der Waals surface area (Å²) in [5.41, 5.74) is 0. The molecular formula is C5H5NO7S. The second kappa shape index (κ2) is 3.20. The van der Waals surface area contributed by atoms with Gasteiger partial charge in [-0.15, -0.1) is 4.73 Å². The molecule has 3 N–H and O–H groups in total. The Kier molecular flexibility index (Phi) is 2.36. The molecule has 78 valence electrons. The standard InChI is InChI=1S/C5H5NO7S/c7-3-1-2-4(8)6(3)13-5(9)14(10,11)12/h1-2,7-8H,(H,10,11,12). The maximum Gasteiger partial charge on any atom is 0.476 e. The first-order chi connectivity index (χ1) is 6.32. The number of aromatic hydroxyl groups is 2. The zero-order chi connectivity index (χ0) is 10.9. The molecule has 0 saturated carbocycles. The molecule has 1 aromatic rings. The molecule has 0 aromatic carbocycles. The van der Waals surface area contributed by atoms with Crippen molar-refractivity contribution >= 4 is 15.4 Å². The van der Waals surface area contributed by atoms with Gasteiger partial charge < -0.3 is 15.1 Å². The van der Waals surface area contributed by atoms with Gasteiger partial charge in [-0.3, -0.25) is 4.55 Å². The largest absolute Gasteiger partial charge is 0.492 e. The van der Waals surface area contributed by atoms with Crippen molar-refractivity contribution in [1.82, 2.24) is 4.73 Å². The second-order valence-electron chi connectivity index (χ2n) is 2.16. The fourth-order valence-electron chi connectivity index (χ4n) is 0.617. The molecule has 0 bridgehead atoms. The lowest BCUT2D eigenvalue weighted by Crippen LogP contribution is -2.24. The number of hydrogen-bond donors (Lipinski definition) is 3. The second-order valence-corrected chi connectivity index (χ2v) is 3.44. The molecule has 8 nitrogen and oxygen atoms in total. The van der Waals surface area contributed by atoms with E-state index in [-0.39, 0.29) is 4.73 Å². The molecule has 0 aliphatic heterocycles. The zero-order valence-electron chi connectivity index (χ0n) is 6.48. The summed E-state index contributed by atoms with van der Waals surface area (Å²) in [5.74, 6) is -1.39. The number of hydrogen-bond acceptors (Lipinski definition) is 6. The van der Waals surface area contributed by atoms with Crippen LogP contribution >= 0.6 is 0 Å². The first-order valence-electron chi connectivity index (χ1n) is 3.12. The molecule has 0 amide bonds. The SMILES string of the molecule is O=C(On1c(O)ccc1O)S(=O)(=O)O. The highest BCUT2D eigenvalue weighted by molar-refractivity contribution is 8.00. The van der Waals surface area contributed by atoms with Crippen molar-refractivity contribution in [3.63, 3.8) is 0 Å². The average Bonchev–Trinajstić information content (AvgIpc) is 2.34. The highest BCUT2D eigenvalue weighted by atomic mass is 32.2. The molecular weight excluding hydrogens is 218 g/mol. The minimum atomic E-state index is -5.02. The van der Waals surface area contributed by atoms with Crippen molar-refractivity contribution in [3.05, 3.63) is 12.1 Å². The van der Waals surface area contributed by atoms with Crippen LogP contribution in [0.15, 0.2) is 12.1 Å². The first-order valence-corrected chi connectivity index (χ1v) is 4.56. The lowest BCUT2D eigenvalue weighted by atomic mass is 10.6. The highest BCUT2D eigenvalue weighted by Gasteiger charge is 2.23. The molecule has 0 aliphatic rings. The van der Waals surface area contributed by atoms with Crippen molar-refractivity contribution in [2.24, 2.45) is 0 Å². The predicted octanol–water partition coefficient (Wildman–Crippen LogP) is -0.664. The van der Waals surface area contributed by atoms with Gasteiger partial charge in [-0.05, 0) is 0 Å². The van der Waals surface area contributed by atoms with Crippen LogP contribution in [0.25, 0.3) is 0 Å². The smallest absolute Gasteiger partial charge is 0.476 e. The Morgan fingerprint density at radius 2 is 1.71 bits per heavy atom. The maximum absolute atomic E-state index is 10.5. The number of rotatable bonds is 1. The van der Waals surface area contributed by atoms with Crippen molar-refractivity contribution in [1.29, 1.82) is 0 Å². The molecule has 0 atom stereocenters. The lowest BCUT2D eigenvalue weighted by molar-refractivity contribution is 0.127. The summed E-state index contributed by atoms with van der Waals surface area (Å²) in [6, 6.07) is 1.90. The highest BCUT2D eigenvalue weighted by Crippen LogP contribution is 2.18. The van der Waals surface area contributed by atoms with E-state index in [9.17, 15) is 13.2 Å². The van der Waals surface area contributed by atoms with Crippen LogP contribution in [-0.2, 0) is 10.1 Å². The number of carbonyl (C=O) groups excluding carboxylic acids is 1. The van der Waals surface area contributed by atoms with Gasteiger partial charge >= 0.3 is 15.4 Å². The van der Waals surface area contributed by atoms with Crippen molar-refractivity contribution in [3.8, 4) is 11.8 Å². The quantitative estimate of drug-likeness (QED) is 0.539. The Bertz CT molecular complexity index is 439. The Hall–Kier alpha value is -1.74. The topological polar surface area (TPSA) is 126 Å². The molecule has 0 radical (unpaired) electrons. The predicted molar refractivity (Wildman–Crippen MR) is 41.3 cm³/mol. The summed E-state index contributed by atoms with van der Waals surface area (Å²) < 4.78 is 28.7. The fourth-order valence-corrected chi connectivity index (χ4v) is 0.786. The van der Waals surface area contributed by atoms with Gasteiger partial charge in [0, 0.05) is 12.1 Å². The zero-order valence-corrected chi connectivity index (χ0v) is 7.30. The van der Waals surface area contributed by atoms with Crippen LogP contribution in [0.3, 0.4) is 0 Å². The van der Waals surface area contributed by atoms with Gasteiger partial charge in [0.25, 0.3) is 0 Å². The first kappa shape index (κ1) is 10.3. The fraction of sp³-hybridized carbons (Fsp3) is 0. The van der Waals surface area contributed by atoms with Crippen LogP contribution in [0.2, 0.25) is 0 Å². The van der Waals surface area contributed by atoms with Crippen LogP contribution in [0.5, 0.6) is 11.8 Å². The number of aromatic nitrogens is 1. The van der Waals surface area contributed by atoms with E-state index < -0.39 is 27.2 Å². The van der Waals surface area contributed by atoms with Crippen molar-refractivity contribution < 1.29 is 32.8 Å². The van der Waals surface area contributed by atoms with Crippen LogP contribution in [-0.4, -0.2) is 33.2 Å². The molecule has 9 heteroatoms. The van der Waals surface area contributed by atoms with Crippen molar-refractivity contribution in [2.45, 2.75) is 0 Å². The Labute approximate surface area is 77.7 Å². The van der Waals surface area contributed by atoms with Crippen LogP contribution in [0.1, 0.15) is 0 Å². The van der Waals surface area contributed by atoms with E-state index in [2.05, 4.69) is 4.84 Å². The Balaban J connectivity index is 2.96. The van der Waals surface area contributed by atoms with E-state index >= 15 is 0 Å². The maximum atomic E-state index is 10.5. The minimum Gasteiger partial charge on any atom is -0.492 e. The van der Waals surface area contributed by atoms with Gasteiger partial charge in [0.05, 0.1) is 0 Å². The van der Waals surface area contributed by atoms with Gasteiger partial charge in [0.15, 0.2) is 0 Å². The third-order valence-electron chi connectivity index (χ3n) is 1.17. The van der Waals surface area contributed by atoms with E-state index in [0.29, 0.717) is 0 Å². The normalized spacial score (nSPS) is 11.2. The van der Waals surface area contributed by atoms with Crippen LogP contribution < -0.4 is 4.84 Å². The third-order valence-corrected chi connectivity index (χ3v) is 1.67.